The van der Waals surface area contributed by atoms with Gasteiger partial charge in [-0.2, -0.15) is 0 Å². The summed E-state index contributed by atoms with van der Waals surface area (Å²) in [5.41, 5.74) is 17.2. The molecular weight excluding hydrogens is 831 g/mol. The van der Waals surface area contributed by atoms with Crippen LogP contribution < -0.4 is 0 Å². The second-order valence-corrected chi connectivity index (χ2v) is 20.7. The fourth-order valence-corrected chi connectivity index (χ4v) is 13.6. The molecule has 0 bridgehead atoms. The molecule has 3 nitrogen and oxygen atoms in total. The Balaban J connectivity index is 0.874. The van der Waals surface area contributed by atoms with E-state index in [9.17, 15) is 0 Å². The van der Waals surface area contributed by atoms with Crippen LogP contribution >= 0.6 is 11.3 Å². The van der Waals surface area contributed by atoms with Crippen molar-refractivity contribution in [1.82, 2.24) is 14.4 Å². The predicted octanol–water partition coefficient (Wildman–Crippen LogP) is 17.0. The SMILES string of the molecule is CC1C=Cc2ccc3c(nc4c5sc6c7ccccc7ccc6c5cc(-c5ccc(C6=C7C=CC(C)CC7(C)C(c7ccc(-c8cc9cccnc9c9ccccc89)cc7)C=C6)cc5)n34)c2C1. The lowest BCUT2D eigenvalue weighted by molar-refractivity contribution is 0.289. The van der Waals surface area contributed by atoms with E-state index in [0.717, 1.165) is 29.5 Å². The highest BCUT2D eigenvalue weighted by Crippen LogP contribution is 2.55. The quantitative estimate of drug-likeness (QED) is 0.165. The molecule has 0 N–H and O–H groups in total. The van der Waals surface area contributed by atoms with Gasteiger partial charge in [-0.15, -0.1) is 11.3 Å². The summed E-state index contributed by atoms with van der Waals surface area (Å²) in [4.78, 5) is 10.3. The molecule has 0 aliphatic heterocycles. The van der Waals surface area contributed by atoms with E-state index in [0.29, 0.717) is 11.8 Å². The summed E-state index contributed by atoms with van der Waals surface area (Å²) >= 11 is 1.89. The summed E-state index contributed by atoms with van der Waals surface area (Å²) in [6, 6.07) is 54.4. The van der Waals surface area contributed by atoms with Crippen molar-refractivity contribution in [2.45, 2.75) is 39.5 Å². The number of hydrogen-bond acceptors (Lipinski definition) is 3. The molecule has 3 aliphatic rings. The topological polar surface area (TPSA) is 30.2 Å². The van der Waals surface area contributed by atoms with Crippen molar-refractivity contribution in [2.24, 2.45) is 17.3 Å². The molecule has 0 radical (unpaired) electrons. The van der Waals surface area contributed by atoms with E-state index < -0.39 is 0 Å². The summed E-state index contributed by atoms with van der Waals surface area (Å²) in [6.07, 6.45) is 18.4. The highest BCUT2D eigenvalue weighted by Gasteiger charge is 2.42. The normalized spacial score (nSPS) is 20.3. The van der Waals surface area contributed by atoms with Gasteiger partial charge in [-0.25, -0.2) is 4.98 Å². The third-order valence-electron chi connectivity index (χ3n) is 15.5. The van der Waals surface area contributed by atoms with Gasteiger partial charge in [-0.1, -0.05) is 179 Å². The van der Waals surface area contributed by atoms with Crippen LogP contribution in [0.1, 0.15) is 55.4 Å². The second kappa shape index (κ2) is 14.5. The molecule has 4 unspecified atom stereocenters. The predicted molar refractivity (Wildman–Crippen MR) is 285 cm³/mol. The number of benzene rings is 7. The zero-order valence-electron chi connectivity index (χ0n) is 37.8. The van der Waals surface area contributed by atoms with E-state index in [1.54, 1.807) is 0 Å². The molecular formula is C63H47N3S. The first-order valence-electron chi connectivity index (χ1n) is 23.9. The fraction of sp³-hybridized carbons (Fsp3) is 0.143. The van der Waals surface area contributed by atoms with E-state index >= 15 is 0 Å². The number of rotatable bonds is 4. The third-order valence-corrected chi connectivity index (χ3v) is 16.8. The maximum absolute atomic E-state index is 5.59. The summed E-state index contributed by atoms with van der Waals surface area (Å²) in [7, 11) is 0. The standard InChI is InChI=1S/C63H47N3S/c1-37-14-16-42-26-31-56-59(52(42)33-37)65-62-61-53(50-27-25-39-9-4-5-11-47(39)60(50)67-61)35-57(66(56)62)44-23-19-40(20-24-44)46-28-30-54(63(3)36-38(2)15-29-55(46)63)43-21-17-41(18-22-43)51-34-45-10-8-32-64-58(45)49-13-7-6-12-48(49)51/h4-32,34-35,37-38,54H,33,36H2,1-3H3. The van der Waals surface area contributed by atoms with Crippen LogP contribution in [0.2, 0.25) is 0 Å². The fourth-order valence-electron chi connectivity index (χ4n) is 12.3. The average Bonchev–Trinajstić information content (AvgIpc) is 3.95. The molecule has 0 spiro atoms. The number of thiophene rings is 1. The van der Waals surface area contributed by atoms with E-state index in [-0.39, 0.29) is 11.3 Å². The van der Waals surface area contributed by atoms with Crippen LogP contribution in [0.5, 0.6) is 0 Å². The zero-order valence-corrected chi connectivity index (χ0v) is 38.6. The van der Waals surface area contributed by atoms with Crippen molar-refractivity contribution in [3.8, 4) is 22.4 Å². The van der Waals surface area contributed by atoms with Gasteiger partial charge in [0.25, 0.3) is 0 Å². The number of aromatic nitrogens is 3. The Morgan fingerprint density at radius 2 is 1.36 bits per heavy atom. The van der Waals surface area contributed by atoms with Crippen LogP contribution in [0.4, 0.5) is 0 Å². The van der Waals surface area contributed by atoms with E-state index in [4.69, 9.17) is 9.97 Å². The zero-order chi connectivity index (χ0) is 44.5. The minimum atomic E-state index is -0.0668. The molecule has 14 rings (SSSR count). The molecule has 7 aromatic carbocycles. The molecule has 320 valence electrons. The highest BCUT2D eigenvalue weighted by molar-refractivity contribution is 7.27. The van der Waals surface area contributed by atoms with Crippen LogP contribution in [-0.4, -0.2) is 14.4 Å². The minimum absolute atomic E-state index is 0.0668. The maximum Gasteiger partial charge on any atom is 0.156 e. The number of hydrogen-bond donors (Lipinski definition) is 0. The van der Waals surface area contributed by atoms with Crippen molar-refractivity contribution in [3.63, 3.8) is 0 Å². The van der Waals surface area contributed by atoms with Gasteiger partial charge in [0, 0.05) is 43.8 Å². The first-order chi connectivity index (χ1) is 32.9. The lowest BCUT2D eigenvalue weighted by Gasteiger charge is -2.45. The van der Waals surface area contributed by atoms with Gasteiger partial charge in [0.15, 0.2) is 5.65 Å². The van der Waals surface area contributed by atoms with Crippen LogP contribution in [0.15, 0.2) is 188 Å². The second-order valence-electron chi connectivity index (χ2n) is 19.7. The number of imidazole rings is 1. The van der Waals surface area contributed by atoms with Crippen molar-refractivity contribution < 1.29 is 0 Å². The third kappa shape index (κ3) is 5.82. The molecule has 0 fully saturated rings. The molecule has 0 amide bonds. The Morgan fingerprint density at radius 1 is 0.597 bits per heavy atom. The molecule has 3 aliphatic carbocycles. The Hall–Kier alpha value is -7.40. The lowest BCUT2D eigenvalue weighted by atomic mass is 9.58. The van der Waals surface area contributed by atoms with E-state index in [1.807, 2.05) is 23.6 Å². The molecule has 4 atom stereocenters. The molecule has 0 saturated heterocycles. The van der Waals surface area contributed by atoms with E-state index in [2.05, 4.69) is 201 Å². The van der Waals surface area contributed by atoms with Gasteiger partial charge in [-0.3, -0.25) is 9.38 Å². The first kappa shape index (κ1) is 38.8. The summed E-state index contributed by atoms with van der Waals surface area (Å²) in [5, 5.41) is 8.75. The molecule has 4 aromatic heterocycles. The van der Waals surface area contributed by atoms with Gasteiger partial charge in [0.2, 0.25) is 0 Å². The van der Waals surface area contributed by atoms with E-state index in [1.165, 1.54) is 108 Å². The van der Waals surface area contributed by atoms with Crippen molar-refractivity contribution in [1.29, 1.82) is 0 Å². The molecule has 0 saturated carbocycles. The van der Waals surface area contributed by atoms with Crippen molar-refractivity contribution in [2.75, 3.05) is 0 Å². The largest absolute Gasteiger partial charge is 0.291 e. The number of fused-ring (bicyclic) bond motifs is 15. The monoisotopic (exact) mass is 877 g/mol. The number of allylic oxidation sites excluding steroid dienone is 7. The summed E-state index contributed by atoms with van der Waals surface area (Å²) in [6.45, 7) is 7.18. The smallest absolute Gasteiger partial charge is 0.156 e. The van der Waals surface area contributed by atoms with Gasteiger partial charge < -0.3 is 0 Å². The van der Waals surface area contributed by atoms with Crippen LogP contribution in [0, 0.1) is 17.3 Å². The summed E-state index contributed by atoms with van der Waals surface area (Å²) in [5.74, 6) is 1.22. The van der Waals surface area contributed by atoms with Crippen LogP contribution in [0.3, 0.4) is 0 Å². The van der Waals surface area contributed by atoms with Crippen molar-refractivity contribution >= 4 is 92.3 Å². The maximum atomic E-state index is 5.59. The number of pyridine rings is 2. The lowest BCUT2D eigenvalue weighted by Crippen LogP contribution is -2.33. The Labute approximate surface area is 393 Å². The first-order valence-corrected chi connectivity index (χ1v) is 24.7. The van der Waals surface area contributed by atoms with Gasteiger partial charge in [0.05, 0.1) is 26.9 Å². The average molecular weight is 878 g/mol. The van der Waals surface area contributed by atoms with Crippen molar-refractivity contribution in [3.05, 3.63) is 210 Å². The summed E-state index contributed by atoms with van der Waals surface area (Å²) < 4.78 is 5.03. The molecule has 11 aromatic rings. The minimum Gasteiger partial charge on any atom is -0.291 e. The van der Waals surface area contributed by atoms with Crippen LogP contribution in [-0.2, 0) is 6.42 Å². The number of nitrogens with zero attached hydrogens (tertiary/aromatic N) is 3. The Morgan fingerprint density at radius 3 is 2.22 bits per heavy atom. The van der Waals surface area contributed by atoms with Crippen LogP contribution in [0.25, 0.3) is 103 Å². The van der Waals surface area contributed by atoms with Gasteiger partial charge in [-0.05, 0) is 115 Å². The molecule has 4 heterocycles. The molecule has 67 heavy (non-hydrogen) atoms. The van der Waals surface area contributed by atoms with Gasteiger partial charge >= 0.3 is 0 Å². The Bertz CT molecular complexity index is 4030. The molecule has 4 heteroatoms. The highest BCUT2D eigenvalue weighted by atomic mass is 32.1. The van der Waals surface area contributed by atoms with Gasteiger partial charge in [0.1, 0.15) is 0 Å². The Kier molecular flexibility index (Phi) is 8.43.